The van der Waals surface area contributed by atoms with Gasteiger partial charge in [-0.2, -0.15) is 5.10 Å². The maximum Gasteiger partial charge on any atom is 0.359 e. The lowest BCUT2D eigenvalue weighted by atomic mass is 10.1. The first-order valence-electron chi connectivity index (χ1n) is 8.00. The molecule has 0 saturated heterocycles. The van der Waals surface area contributed by atoms with Crippen LogP contribution >= 0.6 is 0 Å². The largest absolute Gasteiger partial charge is 0.448 e. The maximum atomic E-state index is 12.4. The lowest BCUT2D eigenvalue weighted by Crippen LogP contribution is -2.11. The minimum absolute atomic E-state index is 0.236. The van der Waals surface area contributed by atoms with Gasteiger partial charge in [-0.3, -0.25) is 0 Å². The first kappa shape index (κ1) is 16.9. The standard InChI is InChI=1S/C18H20N4O3/c1-10-6-11(2)8-15(7-10)22-12(3)9-16(21-22)18(23)24-13(4)17-20-19-14(5)25-17/h6-9,13H,1-5H3/t13-/m0/s1. The van der Waals surface area contributed by atoms with Crippen LogP contribution in [0.5, 0.6) is 0 Å². The summed E-state index contributed by atoms with van der Waals surface area (Å²) in [6, 6.07) is 7.83. The quantitative estimate of drug-likeness (QED) is 0.677. The summed E-state index contributed by atoms with van der Waals surface area (Å²) in [6.07, 6.45) is -0.639. The second-order valence-corrected chi connectivity index (χ2v) is 6.14. The number of benzene rings is 1. The van der Waals surface area contributed by atoms with Gasteiger partial charge in [0.1, 0.15) is 0 Å². The molecule has 3 rings (SSSR count). The van der Waals surface area contributed by atoms with Gasteiger partial charge in [0.05, 0.1) is 5.69 Å². The van der Waals surface area contributed by atoms with E-state index in [0.29, 0.717) is 5.89 Å². The maximum absolute atomic E-state index is 12.4. The second-order valence-electron chi connectivity index (χ2n) is 6.14. The Morgan fingerprint density at radius 1 is 1.08 bits per heavy atom. The number of carbonyl (C=O) groups excluding carboxylic acids is 1. The van der Waals surface area contributed by atoms with E-state index < -0.39 is 12.1 Å². The molecule has 0 bridgehead atoms. The van der Waals surface area contributed by atoms with E-state index in [0.717, 1.165) is 22.5 Å². The van der Waals surface area contributed by atoms with Gasteiger partial charge in [0, 0.05) is 12.6 Å². The number of hydrogen-bond acceptors (Lipinski definition) is 6. The van der Waals surface area contributed by atoms with E-state index >= 15 is 0 Å². The van der Waals surface area contributed by atoms with E-state index in [1.54, 1.807) is 24.6 Å². The zero-order chi connectivity index (χ0) is 18.1. The number of aromatic nitrogens is 4. The Labute approximate surface area is 145 Å². The molecule has 0 unspecified atom stereocenters. The SMILES string of the molecule is Cc1cc(C)cc(-n2nc(C(=O)O[C@@H](C)c3nnc(C)o3)cc2C)c1. The van der Waals surface area contributed by atoms with E-state index in [2.05, 4.69) is 21.4 Å². The molecule has 130 valence electrons. The van der Waals surface area contributed by atoms with Crippen LogP contribution < -0.4 is 0 Å². The van der Waals surface area contributed by atoms with Crippen LogP contribution in [-0.4, -0.2) is 25.9 Å². The topological polar surface area (TPSA) is 83.0 Å². The fourth-order valence-electron chi connectivity index (χ4n) is 2.66. The Morgan fingerprint density at radius 2 is 1.76 bits per heavy atom. The van der Waals surface area contributed by atoms with Crippen LogP contribution in [0.15, 0.2) is 28.7 Å². The van der Waals surface area contributed by atoms with Crippen LogP contribution in [0.25, 0.3) is 5.69 Å². The Morgan fingerprint density at radius 3 is 2.36 bits per heavy atom. The first-order valence-corrected chi connectivity index (χ1v) is 8.00. The third-order valence-corrected chi connectivity index (χ3v) is 3.72. The Balaban J connectivity index is 1.83. The van der Waals surface area contributed by atoms with Crippen molar-refractivity contribution in [2.24, 2.45) is 0 Å². The van der Waals surface area contributed by atoms with Crippen molar-refractivity contribution in [1.82, 2.24) is 20.0 Å². The average molecular weight is 340 g/mol. The summed E-state index contributed by atoms with van der Waals surface area (Å²) in [4.78, 5) is 12.4. The van der Waals surface area contributed by atoms with Crippen LogP contribution in [-0.2, 0) is 4.74 Å². The summed E-state index contributed by atoms with van der Waals surface area (Å²) in [5.74, 6) is 0.152. The number of nitrogens with zero attached hydrogens (tertiary/aromatic N) is 4. The van der Waals surface area contributed by atoms with E-state index in [-0.39, 0.29) is 11.6 Å². The zero-order valence-electron chi connectivity index (χ0n) is 14.9. The monoisotopic (exact) mass is 340 g/mol. The van der Waals surface area contributed by atoms with Gasteiger partial charge in [-0.15, -0.1) is 10.2 Å². The lowest BCUT2D eigenvalue weighted by Gasteiger charge is -2.08. The molecule has 0 aliphatic rings. The Kier molecular flexibility index (Phi) is 4.39. The van der Waals surface area contributed by atoms with Gasteiger partial charge in [0.25, 0.3) is 5.89 Å². The summed E-state index contributed by atoms with van der Waals surface area (Å²) in [7, 11) is 0. The van der Waals surface area contributed by atoms with Gasteiger partial charge in [-0.05, 0) is 57.0 Å². The molecule has 0 aliphatic heterocycles. The first-order chi connectivity index (χ1) is 11.8. The highest BCUT2D eigenvalue weighted by Gasteiger charge is 2.21. The Hall–Kier alpha value is -2.96. The van der Waals surface area contributed by atoms with E-state index in [1.165, 1.54) is 0 Å². The third-order valence-electron chi connectivity index (χ3n) is 3.72. The molecule has 0 spiro atoms. The Bertz CT molecular complexity index is 906. The minimum atomic E-state index is -0.639. The molecule has 2 aromatic heterocycles. The summed E-state index contributed by atoms with van der Waals surface area (Å²) in [5.41, 5.74) is 4.26. The van der Waals surface area contributed by atoms with Crippen molar-refractivity contribution >= 4 is 5.97 Å². The number of ether oxygens (including phenoxy) is 1. The highest BCUT2D eigenvalue weighted by molar-refractivity contribution is 5.87. The predicted octanol–water partition coefficient (Wildman–Crippen LogP) is 3.41. The zero-order valence-corrected chi connectivity index (χ0v) is 14.9. The number of hydrogen-bond donors (Lipinski definition) is 0. The molecule has 7 heteroatoms. The van der Waals surface area contributed by atoms with Crippen LogP contribution in [0.4, 0.5) is 0 Å². The molecule has 1 atom stereocenters. The van der Waals surface area contributed by atoms with Crippen molar-refractivity contribution in [3.8, 4) is 5.69 Å². The van der Waals surface area contributed by atoms with Crippen LogP contribution in [0.3, 0.4) is 0 Å². The van der Waals surface area contributed by atoms with Crippen molar-refractivity contribution in [1.29, 1.82) is 0 Å². The van der Waals surface area contributed by atoms with Crippen molar-refractivity contribution in [2.75, 3.05) is 0 Å². The second kappa shape index (κ2) is 6.51. The van der Waals surface area contributed by atoms with Gasteiger partial charge < -0.3 is 9.15 Å². The summed E-state index contributed by atoms with van der Waals surface area (Å²) >= 11 is 0. The van der Waals surface area contributed by atoms with E-state index in [1.807, 2.05) is 32.9 Å². The predicted molar refractivity (Wildman–Crippen MR) is 90.6 cm³/mol. The average Bonchev–Trinajstić information content (AvgIpc) is 3.12. The normalized spacial score (nSPS) is 12.2. The molecule has 1 aromatic carbocycles. The van der Waals surface area contributed by atoms with Crippen molar-refractivity contribution in [3.63, 3.8) is 0 Å². The molecule has 3 aromatic rings. The van der Waals surface area contributed by atoms with Crippen molar-refractivity contribution in [2.45, 2.75) is 40.7 Å². The van der Waals surface area contributed by atoms with Crippen LogP contribution in [0.1, 0.15) is 52.1 Å². The van der Waals surface area contributed by atoms with Crippen LogP contribution in [0, 0.1) is 27.7 Å². The minimum Gasteiger partial charge on any atom is -0.448 e. The van der Waals surface area contributed by atoms with E-state index in [4.69, 9.17) is 9.15 Å². The third kappa shape index (κ3) is 3.60. The van der Waals surface area contributed by atoms with Crippen molar-refractivity contribution < 1.29 is 13.9 Å². The molecule has 0 amide bonds. The van der Waals surface area contributed by atoms with Crippen molar-refractivity contribution in [3.05, 3.63) is 58.6 Å². The fourth-order valence-corrected chi connectivity index (χ4v) is 2.66. The molecule has 0 fully saturated rings. The summed E-state index contributed by atoms with van der Waals surface area (Å²) in [6.45, 7) is 9.31. The molecule has 7 nitrogen and oxygen atoms in total. The summed E-state index contributed by atoms with van der Waals surface area (Å²) in [5, 5.41) is 12.0. The molecular weight excluding hydrogens is 320 g/mol. The fraction of sp³-hybridized carbons (Fsp3) is 0.333. The number of carbonyl (C=O) groups is 1. The van der Waals surface area contributed by atoms with Gasteiger partial charge >= 0.3 is 5.97 Å². The molecule has 0 saturated carbocycles. The summed E-state index contributed by atoms with van der Waals surface area (Å²) < 4.78 is 12.4. The molecular formula is C18H20N4O3. The molecule has 0 N–H and O–H groups in total. The lowest BCUT2D eigenvalue weighted by molar-refractivity contribution is 0.0269. The van der Waals surface area contributed by atoms with Gasteiger partial charge in [-0.1, -0.05) is 6.07 Å². The van der Waals surface area contributed by atoms with Crippen LogP contribution in [0.2, 0.25) is 0 Å². The molecule has 25 heavy (non-hydrogen) atoms. The van der Waals surface area contributed by atoms with Gasteiger partial charge in [-0.25, -0.2) is 9.48 Å². The number of aryl methyl sites for hydroxylation is 4. The van der Waals surface area contributed by atoms with E-state index in [9.17, 15) is 4.79 Å². The highest BCUT2D eigenvalue weighted by atomic mass is 16.6. The van der Waals surface area contributed by atoms with Gasteiger partial charge in [0.15, 0.2) is 11.8 Å². The van der Waals surface area contributed by atoms with Gasteiger partial charge in [0.2, 0.25) is 5.89 Å². The molecule has 2 heterocycles. The number of esters is 1. The smallest absolute Gasteiger partial charge is 0.359 e. The molecule has 0 aliphatic carbocycles. The molecule has 0 radical (unpaired) electrons. The number of rotatable bonds is 4. The highest BCUT2D eigenvalue weighted by Crippen LogP contribution is 2.19.